The first kappa shape index (κ1) is 14.1. The van der Waals surface area contributed by atoms with E-state index in [0.29, 0.717) is 6.04 Å². The van der Waals surface area contributed by atoms with E-state index in [1.54, 1.807) is 6.07 Å². The highest BCUT2D eigenvalue weighted by molar-refractivity contribution is 5.95. The number of piperidine rings is 1. The number of hydrogen-bond donors (Lipinski definition) is 2. The average molecular weight is 301 g/mol. The lowest BCUT2D eigenvalue weighted by Gasteiger charge is -2.58. The second kappa shape index (κ2) is 4.48. The zero-order chi connectivity index (χ0) is 15.6. The summed E-state index contributed by atoms with van der Waals surface area (Å²) < 4.78 is 0. The van der Waals surface area contributed by atoms with Gasteiger partial charge in [-0.3, -0.25) is 4.79 Å². The van der Waals surface area contributed by atoms with Gasteiger partial charge in [-0.1, -0.05) is 13.0 Å². The van der Waals surface area contributed by atoms with Gasteiger partial charge in [0.25, 0.3) is 0 Å². The van der Waals surface area contributed by atoms with Crippen LogP contribution in [0.25, 0.3) is 0 Å². The van der Waals surface area contributed by atoms with Gasteiger partial charge in [-0.15, -0.1) is 0 Å². The molecule has 0 aromatic heterocycles. The Balaban J connectivity index is 2.01. The molecule has 1 heterocycles. The highest BCUT2D eigenvalue weighted by Crippen LogP contribution is 2.58. The second-order valence-electron chi connectivity index (χ2n) is 7.39. The van der Waals surface area contributed by atoms with Crippen molar-refractivity contribution in [1.29, 1.82) is 0 Å². The van der Waals surface area contributed by atoms with Gasteiger partial charge in [0, 0.05) is 17.5 Å². The largest absolute Gasteiger partial charge is 0.504 e. The van der Waals surface area contributed by atoms with Crippen LogP contribution in [-0.4, -0.2) is 40.5 Å². The number of hydrogen-bond acceptors (Lipinski definition) is 4. The third-order valence-corrected chi connectivity index (χ3v) is 6.44. The van der Waals surface area contributed by atoms with E-state index in [0.717, 1.165) is 43.4 Å². The number of aromatic hydroxyl groups is 2. The molecule has 1 aliphatic heterocycles. The molecule has 2 aliphatic carbocycles. The Morgan fingerprint density at radius 1 is 1.27 bits per heavy atom. The van der Waals surface area contributed by atoms with E-state index in [2.05, 4.69) is 11.9 Å². The van der Waals surface area contributed by atoms with Crippen molar-refractivity contribution in [1.82, 2.24) is 4.90 Å². The maximum atomic E-state index is 13.2. The number of benzene rings is 1. The smallest absolute Gasteiger partial charge is 0.161 e. The number of carbonyl (C=O) groups excluding carboxylic acids is 1. The molecule has 3 aliphatic rings. The molecule has 4 atom stereocenters. The Morgan fingerprint density at radius 3 is 2.82 bits per heavy atom. The predicted octanol–water partition coefficient (Wildman–Crippen LogP) is 2.21. The summed E-state index contributed by atoms with van der Waals surface area (Å²) in [5, 5.41) is 20.5. The van der Waals surface area contributed by atoms with Crippen molar-refractivity contribution in [2.75, 3.05) is 13.6 Å². The van der Waals surface area contributed by atoms with E-state index in [1.165, 1.54) is 0 Å². The highest BCUT2D eigenvalue weighted by Gasteiger charge is 2.60. The number of carbonyl (C=O) groups is 1. The van der Waals surface area contributed by atoms with E-state index in [4.69, 9.17) is 0 Å². The van der Waals surface area contributed by atoms with E-state index in [-0.39, 0.29) is 29.1 Å². The summed E-state index contributed by atoms with van der Waals surface area (Å²) >= 11 is 0. The van der Waals surface area contributed by atoms with Gasteiger partial charge in [0.15, 0.2) is 11.5 Å². The van der Waals surface area contributed by atoms with Crippen LogP contribution in [0.15, 0.2) is 12.1 Å². The van der Waals surface area contributed by atoms with Crippen LogP contribution in [0.2, 0.25) is 0 Å². The minimum atomic E-state index is -0.592. The van der Waals surface area contributed by atoms with E-state index in [1.807, 2.05) is 13.0 Å². The quantitative estimate of drug-likeness (QED) is 0.721. The maximum absolute atomic E-state index is 13.2. The number of ketones is 1. The molecule has 0 radical (unpaired) electrons. The fourth-order valence-electron chi connectivity index (χ4n) is 5.33. The summed E-state index contributed by atoms with van der Waals surface area (Å²) in [6.07, 6.45) is 3.56. The number of likely N-dealkylation sites (tertiary alicyclic amines) is 1. The zero-order valence-corrected chi connectivity index (χ0v) is 13.2. The molecule has 0 amide bonds. The first-order valence-corrected chi connectivity index (χ1v) is 8.25. The SMILES string of the molecule is CC1CCC2C3Cc4ccc(O)c(O)c4C2(CCN3C)C1=O. The molecule has 4 rings (SSSR count). The van der Waals surface area contributed by atoms with Gasteiger partial charge in [0.2, 0.25) is 0 Å². The molecule has 1 aromatic carbocycles. The van der Waals surface area contributed by atoms with Crippen LogP contribution in [-0.2, 0) is 16.6 Å². The molecule has 0 spiro atoms. The molecule has 1 aromatic rings. The van der Waals surface area contributed by atoms with E-state index >= 15 is 0 Å². The third-order valence-electron chi connectivity index (χ3n) is 6.44. The van der Waals surface area contributed by atoms with Crippen molar-refractivity contribution in [3.8, 4) is 11.5 Å². The molecule has 2 fully saturated rings. The van der Waals surface area contributed by atoms with Crippen LogP contribution in [0.5, 0.6) is 11.5 Å². The van der Waals surface area contributed by atoms with E-state index < -0.39 is 5.41 Å². The van der Waals surface area contributed by atoms with Crippen LogP contribution in [0.1, 0.15) is 37.3 Å². The van der Waals surface area contributed by atoms with Gasteiger partial charge in [-0.25, -0.2) is 0 Å². The Bertz CT molecular complexity index is 656. The molecular formula is C18H23NO3. The third kappa shape index (κ3) is 1.54. The zero-order valence-electron chi connectivity index (χ0n) is 13.2. The fraction of sp³-hybridized carbons (Fsp3) is 0.611. The summed E-state index contributed by atoms with van der Waals surface area (Å²) in [7, 11) is 2.14. The van der Waals surface area contributed by atoms with E-state index in [9.17, 15) is 15.0 Å². The van der Waals surface area contributed by atoms with Crippen LogP contribution in [0, 0.1) is 11.8 Å². The van der Waals surface area contributed by atoms with Crippen molar-refractivity contribution in [3.63, 3.8) is 0 Å². The lowest BCUT2D eigenvalue weighted by molar-refractivity contribution is -0.140. The van der Waals surface area contributed by atoms with Crippen LogP contribution in [0.3, 0.4) is 0 Å². The maximum Gasteiger partial charge on any atom is 0.161 e. The summed E-state index contributed by atoms with van der Waals surface area (Å²) in [6, 6.07) is 3.81. The van der Waals surface area contributed by atoms with Gasteiger partial charge in [-0.2, -0.15) is 0 Å². The molecule has 118 valence electrons. The second-order valence-corrected chi connectivity index (χ2v) is 7.39. The normalized spacial score (nSPS) is 37.5. The van der Waals surface area contributed by atoms with Gasteiger partial charge in [0.05, 0.1) is 5.41 Å². The van der Waals surface area contributed by atoms with Crippen molar-refractivity contribution in [2.45, 2.75) is 44.1 Å². The number of rotatable bonds is 0. The first-order valence-electron chi connectivity index (χ1n) is 8.25. The fourth-order valence-corrected chi connectivity index (χ4v) is 5.33. The standard InChI is InChI=1S/C18H23NO3/c1-10-3-5-12-13-9-11-4-6-14(20)16(21)15(11)18(12,17(10)22)7-8-19(13)2/h4,6,10,12-13,20-21H,3,5,7-9H2,1-2H3. The van der Waals surface area contributed by atoms with Crippen molar-refractivity contribution in [3.05, 3.63) is 23.3 Å². The number of likely N-dealkylation sites (N-methyl/N-ethyl adjacent to an activating group) is 1. The highest BCUT2D eigenvalue weighted by atomic mass is 16.3. The lowest BCUT2D eigenvalue weighted by Crippen LogP contribution is -2.64. The van der Waals surface area contributed by atoms with Crippen molar-refractivity contribution >= 4 is 5.78 Å². The molecule has 22 heavy (non-hydrogen) atoms. The summed E-state index contributed by atoms with van der Waals surface area (Å²) in [5.41, 5.74) is 1.18. The number of fused-ring (bicyclic) bond motifs is 1. The number of phenols is 2. The Morgan fingerprint density at radius 2 is 2.05 bits per heavy atom. The van der Waals surface area contributed by atoms with Gasteiger partial charge in [0.1, 0.15) is 5.78 Å². The molecule has 4 unspecified atom stereocenters. The van der Waals surface area contributed by atoms with Crippen LogP contribution < -0.4 is 0 Å². The summed E-state index contributed by atoms with van der Waals surface area (Å²) in [4.78, 5) is 15.6. The van der Waals surface area contributed by atoms with Crippen molar-refractivity contribution < 1.29 is 15.0 Å². The number of nitrogens with zero attached hydrogens (tertiary/aromatic N) is 1. The monoisotopic (exact) mass is 301 g/mol. The van der Waals surface area contributed by atoms with Crippen LogP contribution >= 0.6 is 0 Å². The molecule has 1 saturated carbocycles. The summed E-state index contributed by atoms with van der Waals surface area (Å²) in [6.45, 7) is 2.88. The molecule has 1 saturated heterocycles. The Kier molecular flexibility index (Phi) is 2.86. The molecule has 4 heteroatoms. The molecule has 2 N–H and O–H groups in total. The Labute approximate surface area is 130 Å². The summed E-state index contributed by atoms with van der Waals surface area (Å²) in [5.74, 6) is 0.398. The molecule has 2 bridgehead atoms. The number of Topliss-reactive ketones (excluding diaryl/α,β-unsaturated/α-hetero) is 1. The minimum absolute atomic E-state index is 0.0352. The minimum Gasteiger partial charge on any atom is -0.504 e. The average Bonchev–Trinajstić information content (AvgIpc) is 2.50. The molecule has 4 nitrogen and oxygen atoms in total. The first-order chi connectivity index (χ1) is 10.5. The predicted molar refractivity (Wildman–Crippen MR) is 83.1 cm³/mol. The Hall–Kier alpha value is -1.55. The van der Waals surface area contributed by atoms with Crippen molar-refractivity contribution in [2.24, 2.45) is 11.8 Å². The topological polar surface area (TPSA) is 60.8 Å². The van der Waals surface area contributed by atoms with Gasteiger partial charge in [-0.05, 0) is 56.8 Å². The molecular weight excluding hydrogens is 278 g/mol. The van der Waals surface area contributed by atoms with Gasteiger partial charge < -0.3 is 15.1 Å². The number of phenolic OH excluding ortho intramolecular Hbond substituents is 2. The van der Waals surface area contributed by atoms with Crippen LogP contribution in [0.4, 0.5) is 0 Å². The lowest BCUT2D eigenvalue weighted by atomic mass is 9.50. The van der Waals surface area contributed by atoms with Gasteiger partial charge >= 0.3 is 0 Å².